The van der Waals surface area contributed by atoms with Crippen molar-refractivity contribution in [2.45, 2.75) is 25.7 Å². The fourth-order valence-corrected chi connectivity index (χ4v) is 1.63. The molecule has 0 unspecified atom stereocenters. The molecule has 3 N–H and O–H groups in total. The van der Waals surface area contributed by atoms with E-state index in [1.165, 1.54) is 12.1 Å². The van der Waals surface area contributed by atoms with Crippen LogP contribution in [0.15, 0.2) is 47.9 Å². The SMILES string of the molecule is C=C(C(N)=O)C(C)(C)C.C=Cc1ccc(S(=O)(=O)O)cc1.[H-].[Na+]. The number of carbonyl (C=O) groups excluding carboxylic acids is 1. The maximum absolute atomic E-state index is 10.6. The van der Waals surface area contributed by atoms with Gasteiger partial charge in [0.15, 0.2) is 0 Å². The summed E-state index contributed by atoms with van der Waals surface area (Å²) < 4.78 is 29.7. The van der Waals surface area contributed by atoms with E-state index in [1.54, 1.807) is 18.2 Å². The molecule has 1 aromatic rings. The molecule has 0 heterocycles. The summed E-state index contributed by atoms with van der Waals surface area (Å²) in [7, 11) is -4.06. The Kier molecular flexibility index (Phi) is 9.84. The molecule has 118 valence electrons. The van der Waals surface area contributed by atoms with Gasteiger partial charge in [-0.1, -0.05) is 52.1 Å². The molecular weight excluding hydrogens is 313 g/mol. The molecule has 0 bridgehead atoms. The van der Waals surface area contributed by atoms with Crippen LogP contribution in [-0.2, 0) is 14.9 Å². The number of nitrogens with two attached hydrogens (primary N) is 1. The van der Waals surface area contributed by atoms with Crippen molar-refractivity contribution in [1.82, 2.24) is 0 Å². The second-order valence-electron chi connectivity index (χ2n) is 5.34. The molecule has 1 aromatic carbocycles. The van der Waals surface area contributed by atoms with Crippen molar-refractivity contribution in [3.8, 4) is 0 Å². The van der Waals surface area contributed by atoms with Crippen LogP contribution in [0.4, 0.5) is 0 Å². The number of carbonyl (C=O) groups is 1. The molecule has 0 radical (unpaired) electrons. The molecule has 1 rings (SSSR count). The van der Waals surface area contributed by atoms with E-state index in [1.807, 2.05) is 20.8 Å². The van der Waals surface area contributed by atoms with Gasteiger partial charge in [-0.2, -0.15) is 8.42 Å². The van der Waals surface area contributed by atoms with Crippen molar-refractivity contribution in [2.75, 3.05) is 0 Å². The first-order valence-corrected chi connectivity index (χ1v) is 7.52. The Hall–Kier alpha value is -0.920. The second kappa shape index (κ2) is 9.27. The Morgan fingerprint density at radius 2 is 1.68 bits per heavy atom. The first kappa shape index (κ1) is 23.3. The Labute approximate surface area is 155 Å². The third kappa shape index (κ3) is 8.51. The van der Waals surface area contributed by atoms with Gasteiger partial charge >= 0.3 is 29.6 Å². The Balaban J connectivity index is -0.000000332. The molecule has 0 fully saturated rings. The van der Waals surface area contributed by atoms with Crippen LogP contribution >= 0.6 is 0 Å². The Morgan fingerprint density at radius 1 is 1.27 bits per heavy atom. The number of hydrogen-bond donors (Lipinski definition) is 2. The predicted molar refractivity (Wildman–Crippen MR) is 85.2 cm³/mol. The monoisotopic (exact) mass is 335 g/mol. The van der Waals surface area contributed by atoms with Gasteiger partial charge in [0, 0.05) is 5.57 Å². The zero-order valence-corrected chi connectivity index (χ0v) is 16.3. The molecule has 0 saturated heterocycles. The fraction of sp³-hybridized carbons (Fsp3) is 0.267. The van der Waals surface area contributed by atoms with Gasteiger partial charge in [0.25, 0.3) is 10.1 Å². The molecule has 0 aliphatic rings. The van der Waals surface area contributed by atoms with E-state index >= 15 is 0 Å². The van der Waals surface area contributed by atoms with E-state index in [0.717, 1.165) is 5.56 Å². The topological polar surface area (TPSA) is 97.5 Å². The average Bonchev–Trinajstić information content (AvgIpc) is 2.36. The smallest absolute Gasteiger partial charge is 1.00 e. The maximum Gasteiger partial charge on any atom is 1.00 e. The molecule has 1 amide bonds. The van der Waals surface area contributed by atoms with E-state index in [4.69, 9.17) is 10.3 Å². The number of amides is 1. The van der Waals surface area contributed by atoms with E-state index in [0.29, 0.717) is 5.57 Å². The van der Waals surface area contributed by atoms with Crippen molar-refractivity contribution in [2.24, 2.45) is 11.1 Å². The van der Waals surface area contributed by atoms with Crippen LogP contribution in [0.25, 0.3) is 6.08 Å². The van der Waals surface area contributed by atoms with Gasteiger partial charge in [-0.25, -0.2) is 0 Å². The Bertz CT molecular complexity index is 634. The average molecular weight is 335 g/mol. The molecule has 0 saturated carbocycles. The number of benzene rings is 1. The van der Waals surface area contributed by atoms with Crippen LogP contribution < -0.4 is 35.3 Å². The first-order chi connectivity index (χ1) is 9.39. The molecule has 0 spiro atoms. The minimum absolute atomic E-state index is 0. The van der Waals surface area contributed by atoms with E-state index in [9.17, 15) is 13.2 Å². The van der Waals surface area contributed by atoms with Gasteiger partial charge in [0.05, 0.1) is 4.90 Å². The van der Waals surface area contributed by atoms with E-state index in [2.05, 4.69) is 13.2 Å². The zero-order valence-electron chi connectivity index (χ0n) is 14.5. The van der Waals surface area contributed by atoms with Gasteiger partial charge in [0.2, 0.25) is 5.91 Å². The summed E-state index contributed by atoms with van der Waals surface area (Å²) in [4.78, 5) is 10.4. The van der Waals surface area contributed by atoms with Crippen molar-refractivity contribution < 1.29 is 48.7 Å². The largest absolute Gasteiger partial charge is 1.00 e. The van der Waals surface area contributed by atoms with Crippen LogP contribution in [0.1, 0.15) is 27.8 Å². The molecule has 0 atom stereocenters. The molecule has 0 aliphatic carbocycles. The first-order valence-electron chi connectivity index (χ1n) is 6.08. The minimum Gasteiger partial charge on any atom is -1.00 e. The van der Waals surface area contributed by atoms with Crippen molar-refractivity contribution >= 4 is 22.1 Å². The summed E-state index contributed by atoms with van der Waals surface area (Å²) in [5.41, 5.74) is 6.08. The van der Waals surface area contributed by atoms with Crippen molar-refractivity contribution in [1.29, 1.82) is 0 Å². The van der Waals surface area contributed by atoms with Crippen LogP contribution in [0, 0.1) is 5.41 Å². The quantitative estimate of drug-likeness (QED) is 0.453. The summed E-state index contributed by atoms with van der Waals surface area (Å²) in [5, 5.41) is 0. The number of hydrogen-bond acceptors (Lipinski definition) is 3. The van der Waals surface area contributed by atoms with Gasteiger partial charge in [-0.15, -0.1) is 0 Å². The summed E-state index contributed by atoms with van der Waals surface area (Å²) >= 11 is 0. The van der Waals surface area contributed by atoms with Crippen LogP contribution in [0.2, 0.25) is 0 Å². The van der Waals surface area contributed by atoms with Crippen LogP contribution in [-0.4, -0.2) is 18.9 Å². The molecule has 7 heteroatoms. The van der Waals surface area contributed by atoms with E-state index < -0.39 is 16.0 Å². The summed E-state index contributed by atoms with van der Waals surface area (Å²) in [6, 6.07) is 5.78. The molecule has 5 nitrogen and oxygen atoms in total. The Morgan fingerprint density at radius 3 is 1.86 bits per heavy atom. The standard InChI is InChI=1S/C8H8O3S.C7H13NO.Na.H/c1-2-7-3-5-8(6-4-7)12(9,10)11;1-5(6(8)9)7(2,3)4;;/h2-6H,1H2,(H,9,10,11);1H2,2-4H3,(H2,8,9);;/q;;+1;-1. The third-order valence-corrected chi connectivity index (χ3v) is 3.48. The normalized spacial score (nSPS) is 10.5. The fourth-order valence-electron chi connectivity index (χ4n) is 1.15. The molecular formula is C15H22NNaO4S. The summed E-state index contributed by atoms with van der Waals surface area (Å²) in [6.07, 6.45) is 1.59. The van der Waals surface area contributed by atoms with Crippen molar-refractivity contribution in [3.63, 3.8) is 0 Å². The minimum atomic E-state index is -4.06. The van der Waals surface area contributed by atoms with E-state index in [-0.39, 0.29) is 41.3 Å². The third-order valence-electron chi connectivity index (χ3n) is 2.62. The van der Waals surface area contributed by atoms with Crippen LogP contribution in [0.3, 0.4) is 0 Å². The number of primary amides is 1. The molecule has 22 heavy (non-hydrogen) atoms. The van der Waals surface area contributed by atoms with Gasteiger partial charge in [0.1, 0.15) is 0 Å². The van der Waals surface area contributed by atoms with Crippen molar-refractivity contribution in [3.05, 3.63) is 48.6 Å². The van der Waals surface area contributed by atoms with Crippen LogP contribution in [0.5, 0.6) is 0 Å². The second-order valence-corrected chi connectivity index (χ2v) is 6.76. The van der Waals surface area contributed by atoms with Gasteiger partial charge in [-0.3, -0.25) is 9.35 Å². The molecule has 0 aliphatic heterocycles. The predicted octanol–water partition coefficient (Wildman–Crippen LogP) is -0.233. The maximum atomic E-state index is 10.6. The van der Waals surface area contributed by atoms with Gasteiger partial charge in [-0.05, 0) is 23.1 Å². The molecule has 0 aromatic heterocycles. The zero-order chi connectivity index (χ0) is 16.8. The summed E-state index contributed by atoms with van der Waals surface area (Å²) in [5.74, 6) is -0.414. The van der Waals surface area contributed by atoms with Gasteiger partial charge < -0.3 is 7.16 Å². The number of rotatable bonds is 3. The summed E-state index contributed by atoms with van der Waals surface area (Å²) in [6.45, 7) is 12.8.